The third-order valence-corrected chi connectivity index (χ3v) is 4.84. The summed E-state index contributed by atoms with van der Waals surface area (Å²) >= 11 is 4.88. The zero-order chi connectivity index (χ0) is 13.4. The Labute approximate surface area is 116 Å². The van der Waals surface area contributed by atoms with Gasteiger partial charge in [0.2, 0.25) is 0 Å². The number of hydrogen-bond acceptors (Lipinski definition) is 3. The molecule has 0 bridgehead atoms. The summed E-state index contributed by atoms with van der Waals surface area (Å²) in [6, 6.07) is 7.62. The standard InChI is InChI=1S/C13H18ClNO2S/c1-12(2,3)18(16)15-13(8-17-9-13)10-5-4-6-11(14)7-10/h4-7,15H,8-9H2,1-3H3. The van der Waals surface area contributed by atoms with Crippen molar-refractivity contribution in [3.8, 4) is 0 Å². The van der Waals surface area contributed by atoms with E-state index in [9.17, 15) is 4.55 Å². The van der Waals surface area contributed by atoms with Gasteiger partial charge in [-0.15, -0.1) is 4.72 Å². The zero-order valence-corrected chi connectivity index (χ0v) is 12.4. The van der Waals surface area contributed by atoms with Crippen molar-refractivity contribution in [2.45, 2.75) is 31.1 Å². The lowest BCUT2D eigenvalue weighted by Gasteiger charge is -2.43. The van der Waals surface area contributed by atoms with Crippen molar-refractivity contribution in [3.05, 3.63) is 34.9 Å². The van der Waals surface area contributed by atoms with Gasteiger partial charge < -0.3 is 9.29 Å². The quantitative estimate of drug-likeness (QED) is 0.869. The number of halogens is 1. The van der Waals surface area contributed by atoms with Crippen LogP contribution in [0, 0.1) is 0 Å². The normalized spacial score (nSPS) is 20.3. The van der Waals surface area contributed by atoms with Gasteiger partial charge in [0.15, 0.2) is 0 Å². The molecule has 1 unspecified atom stereocenters. The van der Waals surface area contributed by atoms with Crippen molar-refractivity contribution in [1.29, 1.82) is 0 Å². The van der Waals surface area contributed by atoms with E-state index in [4.69, 9.17) is 16.3 Å². The summed E-state index contributed by atoms with van der Waals surface area (Å²) in [6.45, 7) is 6.88. The smallest absolute Gasteiger partial charge is 0.136 e. The molecule has 1 fully saturated rings. The van der Waals surface area contributed by atoms with Gasteiger partial charge in [0.25, 0.3) is 0 Å². The van der Waals surface area contributed by atoms with Crippen LogP contribution in [0.4, 0.5) is 0 Å². The Morgan fingerprint density at radius 2 is 2.06 bits per heavy atom. The van der Waals surface area contributed by atoms with E-state index in [0.717, 1.165) is 5.56 Å². The first-order chi connectivity index (χ1) is 8.33. The molecule has 1 N–H and O–H groups in total. The van der Waals surface area contributed by atoms with E-state index in [1.165, 1.54) is 0 Å². The van der Waals surface area contributed by atoms with Gasteiger partial charge in [-0.05, 0) is 38.5 Å². The lowest BCUT2D eigenvalue weighted by molar-refractivity contribution is -0.0666. The summed E-state index contributed by atoms with van der Waals surface area (Å²) in [5, 5.41) is 0.683. The minimum absolute atomic E-state index is 0.304. The van der Waals surface area contributed by atoms with E-state index in [2.05, 4.69) is 4.72 Å². The molecule has 0 radical (unpaired) electrons. The Morgan fingerprint density at radius 3 is 2.50 bits per heavy atom. The maximum atomic E-state index is 12.2. The molecule has 0 aliphatic carbocycles. The van der Waals surface area contributed by atoms with Gasteiger partial charge in [0.1, 0.15) is 10.3 Å². The summed E-state index contributed by atoms with van der Waals surface area (Å²) in [7, 11) is 0. The van der Waals surface area contributed by atoms with Gasteiger partial charge in [0.05, 0.1) is 13.2 Å². The maximum Gasteiger partial charge on any atom is 0.136 e. The van der Waals surface area contributed by atoms with Crippen LogP contribution in [-0.4, -0.2) is 22.5 Å². The lowest BCUT2D eigenvalue weighted by Crippen LogP contribution is -2.61. The summed E-state index contributed by atoms with van der Waals surface area (Å²) in [5.74, 6) is 0. The summed E-state index contributed by atoms with van der Waals surface area (Å²) in [4.78, 5) is 0. The molecule has 100 valence electrons. The molecule has 1 aliphatic heterocycles. The fourth-order valence-electron chi connectivity index (χ4n) is 1.71. The van der Waals surface area contributed by atoms with Crippen LogP contribution in [0.2, 0.25) is 5.02 Å². The summed E-state index contributed by atoms with van der Waals surface area (Å²) in [6.07, 6.45) is 0. The molecule has 3 nitrogen and oxygen atoms in total. The molecule has 0 amide bonds. The van der Waals surface area contributed by atoms with Crippen LogP contribution in [0.1, 0.15) is 26.3 Å². The Hall–Kier alpha value is -0.260. The van der Waals surface area contributed by atoms with Gasteiger partial charge >= 0.3 is 0 Å². The summed E-state index contributed by atoms with van der Waals surface area (Å²) < 4.78 is 20.4. The third kappa shape index (κ3) is 2.83. The van der Waals surface area contributed by atoms with Crippen molar-refractivity contribution in [2.75, 3.05) is 13.2 Å². The third-order valence-electron chi connectivity index (χ3n) is 2.92. The number of nitrogens with one attached hydrogen (secondary N) is 1. The van der Waals surface area contributed by atoms with E-state index in [1.54, 1.807) is 0 Å². The highest BCUT2D eigenvalue weighted by Crippen LogP contribution is 2.33. The minimum Gasteiger partial charge on any atom is -0.598 e. The van der Waals surface area contributed by atoms with E-state index in [0.29, 0.717) is 18.2 Å². The molecule has 18 heavy (non-hydrogen) atoms. The van der Waals surface area contributed by atoms with Gasteiger partial charge in [-0.2, -0.15) is 0 Å². The van der Waals surface area contributed by atoms with Crippen LogP contribution in [0.15, 0.2) is 24.3 Å². The fraction of sp³-hybridized carbons (Fsp3) is 0.538. The lowest BCUT2D eigenvalue weighted by atomic mass is 9.89. The Bertz CT molecular complexity index is 429. The molecule has 1 aliphatic rings. The van der Waals surface area contributed by atoms with Crippen molar-refractivity contribution >= 4 is 23.0 Å². The molecule has 0 saturated carbocycles. The molecule has 1 aromatic rings. The van der Waals surface area contributed by atoms with Gasteiger partial charge in [-0.3, -0.25) is 0 Å². The molecule has 5 heteroatoms. The highest BCUT2D eigenvalue weighted by atomic mass is 35.5. The number of hydrogen-bond donors (Lipinski definition) is 1. The average Bonchev–Trinajstić information content (AvgIpc) is 2.21. The van der Waals surface area contributed by atoms with Crippen molar-refractivity contribution in [1.82, 2.24) is 4.72 Å². The molecule has 2 rings (SSSR count). The van der Waals surface area contributed by atoms with Crippen LogP contribution >= 0.6 is 11.6 Å². The Kier molecular flexibility index (Phi) is 3.95. The maximum absolute atomic E-state index is 12.2. The second-order valence-electron chi connectivity index (χ2n) is 5.57. The largest absolute Gasteiger partial charge is 0.598 e. The number of rotatable bonds is 3. The van der Waals surface area contributed by atoms with E-state index >= 15 is 0 Å². The summed E-state index contributed by atoms with van der Waals surface area (Å²) in [5.41, 5.74) is 0.655. The molecule has 1 saturated heterocycles. The predicted octanol–water partition coefficient (Wildman–Crippen LogP) is 2.62. The number of ether oxygens (including phenoxy) is 1. The van der Waals surface area contributed by atoms with Crippen molar-refractivity contribution < 1.29 is 9.29 Å². The van der Waals surface area contributed by atoms with E-state index < -0.39 is 11.4 Å². The molecule has 0 spiro atoms. The van der Waals surface area contributed by atoms with Crippen LogP contribution in [0.5, 0.6) is 0 Å². The first-order valence-electron chi connectivity index (χ1n) is 5.87. The van der Waals surface area contributed by atoms with Crippen LogP contribution in [0.25, 0.3) is 0 Å². The Balaban J connectivity index is 2.21. The van der Waals surface area contributed by atoms with Gasteiger partial charge in [-0.1, -0.05) is 23.7 Å². The van der Waals surface area contributed by atoms with Crippen molar-refractivity contribution in [2.24, 2.45) is 0 Å². The number of benzene rings is 1. The first-order valence-corrected chi connectivity index (χ1v) is 7.40. The van der Waals surface area contributed by atoms with Gasteiger partial charge in [-0.25, -0.2) is 0 Å². The SMILES string of the molecule is CC(C)(C)[S+]([O-])NC1(c2cccc(Cl)c2)COC1. The van der Waals surface area contributed by atoms with Crippen LogP contribution in [-0.2, 0) is 21.6 Å². The molecule has 1 aromatic carbocycles. The predicted molar refractivity (Wildman–Crippen MR) is 75.0 cm³/mol. The molecule has 0 aromatic heterocycles. The van der Waals surface area contributed by atoms with E-state index in [1.807, 2.05) is 45.0 Å². The average molecular weight is 288 g/mol. The monoisotopic (exact) mass is 287 g/mol. The van der Waals surface area contributed by atoms with Gasteiger partial charge in [0, 0.05) is 16.4 Å². The van der Waals surface area contributed by atoms with Crippen LogP contribution < -0.4 is 4.72 Å². The second-order valence-corrected chi connectivity index (χ2v) is 7.97. The highest BCUT2D eigenvalue weighted by Gasteiger charge is 2.46. The molecule has 1 atom stereocenters. The fourth-order valence-corrected chi connectivity index (χ4v) is 2.79. The van der Waals surface area contributed by atoms with E-state index in [-0.39, 0.29) is 10.3 Å². The Morgan fingerprint density at radius 1 is 1.39 bits per heavy atom. The first kappa shape index (κ1) is 14.2. The molecular weight excluding hydrogens is 270 g/mol. The molecule has 1 heterocycles. The van der Waals surface area contributed by atoms with Crippen molar-refractivity contribution in [3.63, 3.8) is 0 Å². The minimum atomic E-state index is -1.14. The topological polar surface area (TPSA) is 44.3 Å². The zero-order valence-electron chi connectivity index (χ0n) is 10.8. The highest BCUT2D eigenvalue weighted by molar-refractivity contribution is 7.90. The van der Waals surface area contributed by atoms with Crippen LogP contribution in [0.3, 0.4) is 0 Å². The molecular formula is C13H18ClNO2S. The second kappa shape index (κ2) is 5.02.